The largest absolute Gasteiger partial charge is 0.477 e. The molecule has 1 saturated carbocycles. The van der Waals surface area contributed by atoms with Gasteiger partial charge >= 0.3 is 6.18 Å². The fraction of sp³-hybridized carbons (Fsp3) is 0.545. The highest BCUT2D eigenvalue weighted by atomic mass is 32.2. The van der Waals surface area contributed by atoms with Crippen molar-refractivity contribution < 1.29 is 22.7 Å². The number of hydrogen-bond donors (Lipinski definition) is 2. The SMILES string of the molecule is CC[SH]1NC(=O)c2ccc(-n3ccc(OCCC4(C(F)(F)F)CC4)n3)nc2N2CC(CCCCc3cccc1c3)CC2(C)C. The minimum atomic E-state index is -4.20. The number of fused-ring (bicyclic) bond motifs is 6. The van der Waals surface area contributed by atoms with Gasteiger partial charge in [-0.05, 0) is 100 Å². The van der Waals surface area contributed by atoms with Crippen LogP contribution >= 0.6 is 11.1 Å². The predicted octanol–water partition coefficient (Wildman–Crippen LogP) is 7.44. The van der Waals surface area contributed by atoms with Crippen molar-refractivity contribution in [1.82, 2.24) is 19.5 Å². The lowest BCUT2D eigenvalue weighted by Gasteiger charge is -2.34. The molecule has 2 aromatic heterocycles. The Labute approximate surface area is 260 Å². The number of thiol groups is 1. The van der Waals surface area contributed by atoms with Crippen molar-refractivity contribution in [2.24, 2.45) is 11.3 Å². The number of anilines is 1. The first-order valence-electron chi connectivity index (χ1n) is 15.7. The quantitative estimate of drug-likeness (QED) is 0.278. The molecule has 11 heteroatoms. The maximum atomic E-state index is 13.9. The van der Waals surface area contributed by atoms with Gasteiger partial charge in [-0.25, -0.2) is 9.67 Å². The minimum absolute atomic E-state index is 0.0546. The third kappa shape index (κ3) is 6.30. The Kier molecular flexibility index (Phi) is 8.36. The molecule has 2 fully saturated rings. The average molecular weight is 630 g/mol. The maximum absolute atomic E-state index is 13.9. The van der Waals surface area contributed by atoms with E-state index in [2.05, 4.69) is 59.8 Å². The van der Waals surface area contributed by atoms with E-state index < -0.39 is 22.7 Å². The van der Waals surface area contributed by atoms with Gasteiger partial charge in [0.1, 0.15) is 5.82 Å². The Morgan fingerprint density at radius 1 is 1.14 bits per heavy atom. The van der Waals surface area contributed by atoms with E-state index in [9.17, 15) is 18.0 Å². The van der Waals surface area contributed by atoms with Gasteiger partial charge in [0.15, 0.2) is 5.82 Å². The monoisotopic (exact) mass is 629 g/mol. The number of benzene rings is 1. The number of ether oxygens (including phenoxy) is 1. The Balaban J connectivity index is 1.29. The Morgan fingerprint density at radius 2 is 1.95 bits per heavy atom. The van der Waals surface area contributed by atoms with Crippen LogP contribution in [0.4, 0.5) is 19.0 Å². The van der Waals surface area contributed by atoms with Gasteiger partial charge in [0.25, 0.3) is 5.91 Å². The zero-order valence-electron chi connectivity index (χ0n) is 25.7. The number of nitrogens with one attached hydrogen (secondary N) is 1. The molecule has 4 bridgehead atoms. The maximum Gasteiger partial charge on any atom is 0.394 e. The number of nitrogens with zero attached hydrogens (tertiary/aromatic N) is 4. The van der Waals surface area contributed by atoms with E-state index in [0.29, 0.717) is 23.1 Å². The second-order valence-electron chi connectivity index (χ2n) is 13.1. The minimum Gasteiger partial charge on any atom is -0.477 e. The van der Waals surface area contributed by atoms with E-state index in [-0.39, 0.29) is 43.2 Å². The predicted molar refractivity (Wildman–Crippen MR) is 168 cm³/mol. The van der Waals surface area contributed by atoms with Gasteiger partial charge in [-0.2, -0.15) is 24.3 Å². The van der Waals surface area contributed by atoms with Crippen molar-refractivity contribution in [3.8, 4) is 11.7 Å². The molecule has 1 aromatic carbocycles. The lowest BCUT2D eigenvalue weighted by Crippen LogP contribution is -2.40. The van der Waals surface area contributed by atoms with Gasteiger partial charge in [-0.1, -0.05) is 25.5 Å². The molecule has 6 rings (SSSR count). The molecule has 238 valence electrons. The number of carbonyl (C=O) groups is 1. The molecule has 1 aliphatic carbocycles. The molecule has 1 amide bonds. The van der Waals surface area contributed by atoms with Crippen LogP contribution < -0.4 is 14.4 Å². The summed E-state index contributed by atoms with van der Waals surface area (Å²) >= 11 is -0.902. The van der Waals surface area contributed by atoms with Crippen LogP contribution in [-0.4, -0.2) is 51.3 Å². The molecule has 1 N–H and O–H groups in total. The number of rotatable bonds is 6. The number of amides is 1. The number of alkyl halides is 3. The lowest BCUT2D eigenvalue weighted by atomic mass is 9.92. The molecule has 1 saturated heterocycles. The third-order valence-corrected chi connectivity index (χ3v) is 11.5. The molecule has 2 atom stereocenters. The first-order chi connectivity index (χ1) is 21.0. The number of hydrogen-bond acceptors (Lipinski definition) is 5. The Morgan fingerprint density at radius 3 is 2.70 bits per heavy atom. The fourth-order valence-electron chi connectivity index (χ4n) is 6.74. The van der Waals surface area contributed by atoms with Crippen molar-refractivity contribution in [1.29, 1.82) is 0 Å². The van der Waals surface area contributed by atoms with Crippen molar-refractivity contribution >= 4 is 22.8 Å². The van der Waals surface area contributed by atoms with Crippen LogP contribution in [0.25, 0.3) is 5.82 Å². The van der Waals surface area contributed by atoms with Crippen LogP contribution in [0.15, 0.2) is 53.6 Å². The number of aromatic nitrogens is 3. The number of halogens is 3. The van der Waals surface area contributed by atoms with Crippen LogP contribution in [-0.2, 0) is 6.42 Å². The van der Waals surface area contributed by atoms with Gasteiger partial charge in [0.2, 0.25) is 5.88 Å². The Bertz CT molecular complexity index is 1500. The van der Waals surface area contributed by atoms with Gasteiger partial charge < -0.3 is 14.4 Å². The molecule has 2 unspecified atom stereocenters. The van der Waals surface area contributed by atoms with Crippen molar-refractivity contribution in [2.75, 3.05) is 23.8 Å². The smallest absolute Gasteiger partial charge is 0.394 e. The van der Waals surface area contributed by atoms with Crippen LogP contribution in [0.5, 0.6) is 5.88 Å². The second kappa shape index (κ2) is 11.9. The second-order valence-corrected chi connectivity index (χ2v) is 15.3. The molecule has 4 heterocycles. The highest BCUT2D eigenvalue weighted by Crippen LogP contribution is 2.59. The summed E-state index contributed by atoms with van der Waals surface area (Å²) in [5.41, 5.74) is 0.0434. The zero-order valence-corrected chi connectivity index (χ0v) is 26.6. The molecule has 0 spiro atoms. The Hall–Kier alpha value is -3.21. The zero-order chi connectivity index (χ0) is 31.1. The van der Waals surface area contributed by atoms with E-state index in [1.165, 1.54) is 10.5 Å². The topological polar surface area (TPSA) is 72.3 Å². The number of pyridine rings is 1. The van der Waals surface area contributed by atoms with Gasteiger partial charge in [0, 0.05) is 29.2 Å². The summed E-state index contributed by atoms with van der Waals surface area (Å²) in [6, 6.07) is 13.9. The summed E-state index contributed by atoms with van der Waals surface area (Å²) in [5, 5.41) is 4.46. The van der Waals surface area contributed by atoms with E-state index in [1.807, 2.05) is 6.07 Å². The molecule has 0 radical (unpaired) electrons. The van der Waals surface area contributed by atoms with Crippen LogP contribution in [0.3, 0.4) is 0 Å². The molecule has 44 heavy (non-hydrogen) atoms. The molecular weight excluding hydrogens is 587 g/mol. The molecule has 2 aliphatic heterocycles. The number of aryl methyl sites for hydroxylation is 1. The fourth-order valence-corrected chi connectivity index (χ4v) is 8.35. The van der Waals surface area contributed by atoms with Crippen LogP contribution in [0.1, 0.15) is 81.6 Å². The van der Waals surface area contributed by atoms with Crippen molar-refractivity contribution in [3.05, 3.63) is 59.8 Å². The summed E-state index contributed by atoms with van der Waals surface area (Å²) in [6.45, 7) is 7.29. The molecule has 3 aromatic rings. The third-order valence-electron chi connectivity index (χ3n) is 9.51. The first kappa shape index (κ1) is 30.8. The molecule has 3 aliphatic rings. The standard InChI is InChI=1S/C33H42F3N5O2S/c1-4-44-25-11-7-10-23(20-25)8-5-6-9-24-21-31(2,3)40(22-24)29-26(30(42)39-44)12-13-27(37-29)41-18-14-28(38-41)43-19-17-32(15-16-32)33(34,35)36/h7,10-14,18,20,24,44H,4-6,8-9,15-17,19,21-22H2,1-3H3,(H,39,42). The van der Waals surface area contributed by atoms with E-state index in [4.69, 9.17) is 9.72 Å². The highest BCUT2D eigenvalue weighted by molar-refractivity contribution is 8.15. The summed E-state index contributed by atoms with van der Waals surface area (Å²) in [4.78, 5) is 22.4. The van der Waals surface area contributed by atoms with E-state index >= 15 is 0 Å². The summed E-state index contributed by atoms with van der Waals surface area (Å²) in [6.07, 6.45) is 3.18. The van der Waals surface area contributed by atoms with Crippen molar-refractivity contribution in [3.63, 3.8) is 0 Å². The lowest BCUT2D eigenvalue weighted by molar-refractivity contribution is -0.190. The summed E-state index contributed by atoms with van der Waals surface area (Å²) in [7, 11) is 0. The summed E-state index contributed by atoms with van der Waals surface area (Å²) < 4.78 is 50.4. The van der Waals surface area contributed by atoms with Crippen LogP contribution in [0, 0.1) is 11.3 Å². The van der Waals surface area contributed by atoms with Crippen LogP contribution in [0.2, 0.25) is 0 Å². The van der Waals surface area contributed by atoms with Gasteiger partial charge in [-0.3, -0.25) is 4.79 Å². The average Bonchev–Trinajstić information content (AvgIpc) is 3.54. The van der Waals surface area contributed by atoms with Gasteiger partial charge in [0.05, 0.1) is 17.6 Å². The van der Waals surface area contributed by atoms with E-state index in [1.54, 1.807) is 23.0 Å². The normalized spacial score (nSPS) is 23.7. The van der Waals surface area contributed by atoms with Gasteiger partial charge in [-0.15, -0.1) is 5.10 Å². The van der Waals surface area contributed by atoms with Crippen molar-refractivity contribution in [2.45, 2.75) is 88.7 Å². The highest BCUT2D eigenvalue weighted by Gasteiger charge is 2.62. The number of carbonyl (C=O) groups excluding carboxylic acids is 1. The van der Waals surface area contributed by atoms with E-state index in [0.717, 1.165) is 44.4 Å². The first-order valence-corrected chi connectivity index (χ1v) is 17.2. The summed E-state index contributed by atoms with van der Waals surface area (Å²) in [5.74, 6) is 2.56. The molecule has 7 nitrogen and oxygen atoms in total. The molecular formula is C33H42F3N5O2S.